The molecule has 118 valence electrons. The quantitative estimate of drug-likeness (QED) is 0.422. The van der Waals surface area contributed by atoms with Crippen LogP contribution >= 0.6 is 0 Å². The first kappa shape index (κ1) is 16.0. The van der Waals surface area contributed by atoms with Crippen LogP contribution in [0.2, 0.25) is 0 Å². The van der Waals surface area contributed by atoms with Gasteiger partial charge >= 0.3 is 0 Å². The zero-order valence-electron chi connectivity index (χ0n) is 12.2. The second-order valence-corrected chi connectivity index (χ2v) is 4.51. The van der Waals surface area contributed by atoms with Gasteiger partial charge in [-0.1, -0.05) is 0 Å². The number of nitrogens with zero attached hydrogens (tertiary/aromatic N) is 4. The minimum Gasteiger partial charge on any atom is -0.485 e. The number of anilines is 1. The summed E-state index contributed by atoms with van der Waals surface area (Å²) in [5.74, 6) is -0.678. The summed E-state index contributed by atoms with van der Waals surface area (Å²) in [6.45, 7) is 0.183. The van der Waals surface area contributed by atoms with E-state index in [9.17, 15) is 4.39 Å². The fourth-order valence-electron chi connectivity index (χ4n) is 1.67. The van der Waals surface area contributed by atoms with E-state index in [2.05, 4.69) is 15.6 Å². The van der Waals surface area contributed by atoms with Crippen molar-refractivity contribution >= 4 is 17.2 Å². The summed E-state index contributed by atoms with van der Waals surface area (Å²) in [7, 11) is 1.79. The van der Waals surface area contributed by atoms with Crippen molar-refractivity contribution in [2.45, 2.75) is 6.61 Å². The Hall–Kier alpha value is -3.41. The Bertz CT molecular complexity index is 791. The topological polar surface area (TPSA) is 125 Å². The Morgan fingerprint density at radius 2 is 2.35 bits per heavy atom. The molecule has 8 nitrogen and oxygen atoms in total. The monoisotopic (exact) mass is 315 g/mol. The Morgan fingerprint density at radius 1 is 1.57 bits per heavy atom. The van der Waals surface area contributed by atoms with Crippen molar-refractivity contribution < 1.29 is 9.13 Å². The molecule has 0 bridgehead atoms. The average Bonchev–Trinajstić information content (AvgIpc) is 2.92. The standard InChI is InChI=1S/C14H14FN7O/c1-22-5-4-10(21-22)8-23-13-3-2-9(15)6-11(13)19-20-12(7-16)14(17)18/h2-6,19H,8H2,1H3,(H3,17,18)/b20-12+. The van der Waals surface area contributed by atoms with Gasteiger partial charge in [-0.25, -0.2) is 4.39 Å². The number of rotatable bonds is 6. The van der Waals surface area contributed by atoms with Gasteiger partial charge in [0.25, 0.3) is 0 Å². The molecule has 0 radical (unpaired) electrons. The third kappa shape index (κ3) is 4.28. The van der Waals surface area contributed by atoms with Crippen molar-refractivity contribution in [2.24, 2.45) is 17.9 Å². The minimum atomic E-state index is -0.505. The average molecular weight is 315 g/mol. The van der Waals surface area contributed by atoms with Gasteiger partial charge in [0.05, 0.1) is 5.69 Å². The fraction of sp³-hybridized carbons (Fsp3) is 0.143. The molecule has 0 unspecified atom stereocenters. The van der Waals surface area contributed by atoms with E-state index in [0.717, 1.165) is 6.07 Å². The van der Waals surface area contributed by atoms with E-state index in [1.54, 1.807) is 30.1 Å². The summed E-state index contributed by atoms with van der Waals surface area (Å²) in [5, 5.41) is 23.8. The molecule has 0 fully saturated rings. The van der Waals surface area contributed by atoms with Crippen LogP contribution in [-0.2, 0) is 13.7 Å². The van der Waals surface area contributed by atoms with Gasteiger partial charge in [0.1, 0.15) is 29.9 Å². The smallest absolute Gasteiger partial charge is 0.201 e. The minimum absolute atomic E-state index is 0.183. The number of halogens is 1. The summed E-state index contributed by atoms with van der Waals surface area (Å²) in [5.41, 5.74) is 8.26. The Kier molecular flexibility index (Phi) is 4.89. The van der Waals surface area contributed by atoms with Crippen LogP contribution in [0.3, 0.4) is 0 Å². The maximum atomic E-state index is 13.4. The number of hydrazone groups is 1. The first-order valence-electron chi connectivity index (χ1n) is 6.48. The molecule has 0 aliphatic rings. The van der Waals surface area contributed by atoms with Gasteiger partial charge in [-0.2, -0.15) is 15.5 Å². The van der Waals surface area contributed by atoms with E-state index in [1.165, 1.54) is 12.1 Å². The zero-order valence-corrected chi connectivity index (χ0v) is 12.2. The fourth-order valence-corrected chi connectivity index (χ4v) is 1.67. The maximum absolute atomic E-state index is 13.4. The molecule has 0 saturated carbocycles. The first-order chi connectivity index (χ1) is 11.0. The van der Waals surface area contributed by atoms with Crippen molar-refractivity contribution in [1.82, 2.24) is 9.78 Å². The van der Waals surface area contributed by atoms with E-state index in [-0.39, 0.29) is 18.0 Å². The molecule has 23 heavy (non-hydrogen) atoms. The lowest BCUT2D eigenvalue weighted by Crippen LogP contribution is -2.21. The van der Waals surface area contributed by atoms with Gasteiger partial charge in [-0.3, -0.25) is 15.5 Å². The predicted octanol–water partition coefficient (Wildman–Crippen LogP) is 1.37. The lowest BCUT2D eigenvalue weighted by molar-refractivity contribution is 0.301. The maximum Gasteiger partial charge on any atom is 0.201 e. The van der Waals surface area contributed by atoms with Crippen LogP contribution in [-0.4, -0.2) is 21.3 Å². The highest BCUT2D eigenvalue weighted by atomic mass is 19.1. The van der Waals surface area contributed by atoms with Crippen molar-refractivity contribution in [3.05, 3.63) is 42.0 Å². The van der Waals surface area contributed by atoms with Gasteiger partial charge in [0, 0.05) is 19.3 Å². The number of hydrogen-bond donors (Lipinski definition) is 3. The molecule has 2 rings (SSSR count). The van der Waals surface area contributed by atoms with Gasteiger partial charge in [-0.05, 0) is 18.2 Å². The molecule has 1 aromatic carbocycles. The van der Waals surface area contributed by atoms with Crippen LogP contribution in [0, 0.1) is 22.6 Å². The second kappa shape index (κ2) is 7.04. The molecule has 1 heterocycles. The SMILES string of the molecule is Cn1ccc(COc2ccc(F)cc2N/N=C(\C#N)C(=N)N)n1. The number of aromatic nitrogens is 2. The van der Waals surface area contributed by atoms with Crippen molar-refractivity contribution in [3.63, 3.8) is 0 Å². The van der Waals surface area contributed by atoms with Crippen LogP contribution in [0.15, 0.2) is 35.6 Å². The summed E-state index contributed by atoms with van der Waals surface area (Å²) >= 11 is 0. The first-order valence-corrected chi connectivity index (χ1v) is 6.48. The number of amidine groups is 1. The molecule has 9 heteroatoms. The largest absolute Gasteiger partial charge is 0.485 e. The lowest BCUT2D eigenvalue weighted by Gasteiger charge is -2.10. The number of hydrogen-bond acceptors (Lipinski definition) is 6. The molecule has 4 N–H and O–H groups in total. The highest BCUT2D eigenvalue weighted by Crippen LogP contribution is 2.26. The number of ether oxygens (including phenoxy) is 1. The second-order valence-electron chi connectivity index (χ2n) is 4.51. The molecule has 0 spiro atoms. The third-order valence-electron chi connectivity index (χ3n) is 2.74. The number of aryl methyl sites for hydroxylation is 1. The molecule has 2 aromatic rings. The highest BCUT2D eigenvalue weighted by Gasteiger charge is 2.08. The van der Waals surface area contributed by atoms with Crippen LogP contribution in [0.5, 0.6) is 5.75 Å². The molecule has 0 aliphatic carbocycles. The van der Waals surface area contributed by atoms with Crippen LogP contribution in [0.4, 0.5) is 10.1 Å². The number of benzene rings is 1. The molecule has 0 atom stereocenters. The van der Waals surface area contributed by atoms with Crippen molar-refractivity contribution in [3.8, 4) is 11.8 Å². The van der Waals surface area contributed by atoms with Crippen LogP contribution in [0.1, 0.15) is 5.69 Å². The zero-order chi connectivity index (χ0) is 16.8. The van der Waals surface area contributed by atoms with E-state index in [4.69, 9.17) is 21.1 Å². The van der Waals surface area contributed by atoms with Gasteiger partial charge in [-0.15, -0.1) is 0 Å². The van der Waals surface area contributed by atoms with Gasteiger partial charge in [0.2, 0.25) is 5.71 Å². The summed E-state index contributed by atoms with van der Waals surface area (Å²) < 4.78 is 20.6. The van der Waals surface area contributed by atoms with E-state index in [0.29, 0.717) is 11.4 Å². The van der Waals surface area contributed by atoms with Crippen molar-refractivity contribution in [1.29, 1.82) is 10.7 Å². The van der Waals surface area contributed by atoms with Crippen LogP contribution < -0.4 is 15.9 Å². The molecular formula is C14H14FN7O. The van der Waals surface area contributed by atoms with Gasteiger partial charge < -0.3 is 10.5 Å². The number of nitriles is 1. The molecule has 0 aliphatic heterocycles. The number of nitrogens with one attached hydrogen (secondary N) is 2. The predicted molar refractivity (Wildman–Crippen MR) is 82.5 cm³/mol. The normalized spacial score (nSPS) is 10.9. The van der Waals surface area contributed by atoms with Crippen LogP contribution in [0.25, 0.3) is 0 Å². The van der Waals surface area contributed by atoms with Crippen molar-refractivity contribution in [2.75, 3.05) is 5.43 Å². The van der Waals surface area contributed by atoms with E-state index >= 15 is 0 Å². The Labute approximate surface area is 131 Å². The Balaban J connectivity index is 2.17. The molecular weight excluding hydrogens is 301 g/mol. The van der Waals surface area contributed by atoms with E-state index < -0.39 is 11.7 Å². The van der Waals surface area contributed by atoms with Gasteiger partial charge in [0.15, 0.2) is 5.84 Å². The highest BCUT2D eigenvalue weighted by molar-refractivity contribution is 6.45. The Morgan fingerprint density at radius 3 is 2.96 bits per heavy atom. The lowest BCUT2D eigenvalue weighted by atomic mass is 10.3. The molecule has 1 aromatic heterocycles. The summed E-state index contributed by atoms with van der Waals surface area (Å²) in [6, 6.07) is 7.27. The summed E-state index contributed by atoms with van der Waals surface area (Å²) in [4.78, 5) is 0. The third-order valence-corrected chi connectivity index (χ3v) is 2.74. The molecule has 0 amide bonds. The summed E-state index contributed by atoms with van der Waals surface area (Å²) in [6.07, 6.45) is 1.78. The van der Waals surface area contributed by atoms with E-state index in [1.807, 2.05) is 0 Å². The number of nitrogens with two attached hydrogens (primary N) is 1. The molecule has 0 saturated heterocycles.